The van der Waals surface area contributed by atoms with Crippen LogP contribution in [0.1, 0.15) is 65.7 Å². The van der Waals surface area contributed by atoms with E-state index in [1.165, 1.54) is 32.1 Å². The second-order valence-electron chi connectivity index (χ2n) is 7.08. The van der Waals surface area contributed by atoms with Gasteiger partial charge in [-0.05, 0) is 24.8 Å². The Kier molecular flexibility index (Phi) is 6.84. The molecular weight excluding hydrogens is 236 g/mol. The van der Waals surface area contributed by atoms with Gasteiger partial charge in [-0.15, -0.1) is 0 Å². The first-order valence-corrected chi connectivity index (χ1v) is 7.87. The molecule has 19 heavy (non-hydrogen) atoms. The van der Waals surface area contributed by atoms with Crippen LogP contribution in [0.25, 0.3) is 0 Å². The molecule has 1 fully saturated rings. The second kappa shape index (κ2) is 7.88. The Hall–Kier alpha value is -0.570. The van der Waals surface area contributed by atoms with E-state index in [4.69, 9.17) is 0 Å². The number of carbonyl (C=O) groups is 1. The average molecular weight is 268 g/mol. The summed E-state index contributed by atoms with van der Waals surface area (Å²) in [5.41, 5.74) is 0.146. The van der Waals surface area contributed by atoms with Crippen molar-refractivity contribution in [1.82, 2.24) is 10.6 Å². The normalized spacial score (nSPS) is 19.2. The largest absolute Gasteiger partial charge is 0.353 e. The molecule has 1 rings (SSSR count). The summed E-state index contributed by atoms with van der Waals surface area (Å²) in [4.78, 5) is 11.9. The van der Waals surface area contributed by atoms with E-state index in [2.05, 4.69) is 31.4 Å². The Bertz CT molecular complexity index is 264. The maximum absolute atomic E-state index is 11.9. The van der Waals surface area contributed by atoms with Crippen LogP contribution >= 0.6 is 0 Å². The molecule has 1 atom stereocenters. The second-order valence-corrected chi connectivity index (χ2v) is 7.08. The van der Waals surface area contributed by atoms with E-state index in [9.17, 15) is 4.79 Å². The SMILES string of the molecule is CNCCC(=O)NC(CC1CCCCC1)C(C)(C)C. The molecule has 2 N–H and O–H groups in total. The minimum absolute atomic E-state index is 0.146. The van der Waals surface area contributed by atoms with E-state index < -0.39 is 0 Å². The molecule has 0 aromatic carbocycles. The van der Waals surface area contributed by atoms with Crippen molar-refractivity contribution in [1.29, 1.82) is 0 Å². The quantitative estimate of drug-likeness (QED) is 0.777. The third kappa shape index (κ3) is 6.42. The number of nitrogens with one attached hydrogen (secondary N) is 2. The van der Waals surface area contributed by atoms with E-state index >= 15 is 0 Å². The lowest BCUT2D eigenvalue weighted by atomic mass is 9.77. The molecule has 0 aromatic heterocycles. The van der Waals surface area contributed by atoms with E-state index in [-0.39, 0.29) is 11.3 Å². The van der Waals surface area contributed by atoms with Crippen molar-refractivity contribution in [2.45, 2.75) is 71.8 Å². The zero-order valence-electron chi connectivity index (χ0n) is 13.2. The smallest absolute Gasteiger partial charge is 0.221 e. The number of carbonyl (C=O) groups excluding carboxylic acids is 1. The molecule has 0 aromatic rings. The maximum atomic E-state index is 11.9. The van der Waals surface area contributed by atoms with Crippen LogP contribution in [0.5, 0.6) is 0 Å². The van der Waals surface area contributed by atoms with Gasteiger partial charge in [0.1, 0.15) is 0 Å². The van der Waals surface area contributed by atoms with E-state index in [1.54, 1.807) is 0 Å². The van der Waals surface area contributed by atoms with Gasteiger partial charge in [-0.2, -0.15) is 0 Å². The van der Waals surface area contributed by atoms with Crippen LogP contribution in [0.2, 0.25) is 0 Å². The molecule has 3 nitrogen and oxygen atoms in total. The van der Waals surface area contributed by atoms with Gasteiger partial charge in [0.15, 0.2) is 0 Å². The maximum Gasteiger partial charge on any atom is 0.221 e. The van der Waals surface area contributed by atoms with E-state index in [0.717, 1.165) is 18.9 Å². The Morgan fingerprint density at radius 1 is 1.21 bits per heavy atom. The molecule has 1 unspecified atom stereocenters. The lowest BCUT2D eigenvalue weighted by Crippen LogP contribution is -2.45. The highest BCUT2D eigenvalue weighted by atomic mass is 16.1. The van der Waals surface area contributed by atoms with Crippen LogP contribution in [0.4, 0.5) is 0 Å². The van der Waals surface area contributed by atoms with Crippen molar-refractivity contribution in [2.24, 2.45) is 11.3 Å². The molecule has 0 aliphatic heterocycles. The fourth-order valence-corrected chi connectivity index (χ4v) is 2.89. The molecule has 0 saturated heterocycles. The Balaban J connectivity index is 2.49. The van der Waals surface area contributed by atoms with Crippen molar-refractivity contribution in [3.05, 3.63) is 0 Å². The van der Waals surface area contributed by atoms with Gasteiger partial charge in [-0.3, -0.25) is 4.79 Å². The van der Waals surface area contributed by atoms with Crippen LogP contribution in [-0.2, 0) is 4.79 Å². The first kappa shape index (κ1) is 16.5. The summed E-state index contributed by atoms with van der Waals surface area (Å²) < 4.78 is 0. The molecule has 1 amide bonds. The zero-order chi connectivity index (χ0) is 14.3. The van der Waals surface area contributed by atoms with Crippen LogP contribution < -0.4 is 10.6 Å². The van der Waals surface area contributed by atoms with Gasteiger partial charge >= 0.3 is 0 Å². The van der Waals surface area contributed by atoms with Gasteiger partial charge in [-0.1, -0.05) is 52.9 Å². The van der Waals surface area contributed by atoms with Crippen LogP contribution in [-0.4, -0.2) is 25.5 Å². The molecular formula is C16H32N2O. The summed E-state index contributed by atoms with van der Waals surface area (Å²) in [6.07, 6.45) is 8.55. The van der Waals surface area contributed by atoms with Crippen LogP contribution in [0, 0.1) is 11.3 Å². The van der Waals surface area contributed by atoms with Crippen LogP contribution in [0.15, 0.2) is 0 Å². The fourth-order valence-electron chi connectivity index (χ4n) is 2.89. The third-order valence-electron chi connectivity index (χ3n) is 4.28. The molecule has 1 aliphatic rings. The summed E-state index contributed by atoms with van der Waals surface area (Å²) in [6, 6.07) is 0.306. The minimum Gasteiger partial charge on any atom is -0.353 e. The highest BCUT2D eigenvalue weighted by molar-refractivity contribution is 5.76. The lowest BCUT2D eigenvalue weighted by molar-refractivity contribution is -0.122. The topological polar surface area (TPSA) is 41.1 Å². The fraction of sp³-hybridized carbons (Fsp3) is 0.938. The first-order chi connectivity index (χ1) is 8.93. The van der Waals surface area contributed by atoms with Gasteiger partial charge in [0, 0.05) is 19.0 Å². The molecule has 3 heteroatoms. The number of hydrogen-bond donors (Lipinski definition) is 2. The van der Waals surface area contributed by atoms with Crippen molar-refractivity contribution < 1.29 is 4.79 Å². The molecule has 1 saturated carbocycles. The van der Waals surface area contributed by atoms with Crippen molar-refractivity contribution >= 4 is 5.91 Å². The van der Waals surface area contributed by atoms with Crippen molar-refractivity contribution in [3.63, 3.8) is 0 Å². The molecule has 0 bridgehead atoms. The number of amides is 1. The Labute approximate surface area is 118 Å². The van der Waals surface area contributed by atoms with Gasteiger partial charge < -0.3 is 10.6 Å². The summed E-state index contributed by atoms with van der Waals surface area (Å²) in [5.74, 6) is 0.993. The standard InChI is InChI=1S/C16H32N2O/c1-16(2,3)14(18-15(19)10-11-17-4)12-13-8-6-5-7-9-13/h13-14,17H,5-12H2,1-4H3,(H,18,19). The lowest BCUT2D eigenvalue weighted by Gasteiger charge is -2.35. The summed E-state index contributed by atoms with van der Waals surface area (Å²) in [7, 11) is 1.89. The Morgan fingerprint density at radius 3 is 2.37 bits per heavy atom. The first-order valence-electron chi connectivity index (χ1n) is 7.87. The van der Waals surface area contributed by atoms with E-state index in [1.807, 2.05) is 7.05 Å². The summed E-state index contributed by atoms with van der Waals surface area (Å²) in [5, 5.41) is 6.29. The highest BCUT2D eigenvalue weighted by Gasteiger charge is 2.29. The molecule has 1 aliphatic carbocycles. The summed E-state index contributed by atoms with van der Waals surface area (Å²) in [6.45, 7) is 7.46. The average Bonchev–Trinajstić information content (AvgIpc) is 2.36. The zero-order valence-corrected chi connectivity index (χ0v) is 13.2. The predicted molar refractivity (Wildman–Crippen MR) is 81.1 cm³/mol. The Morgan fingerprint density at radius 2 is 1.84 bits per heavy atom. The molecule has 0 radical (unpaired) electrons. The third-order valence-corrected chi connectivity index (χ3v) is 4.28. The molecule has 112 valence electrons. The predicted octanol–water partition coefficient (Wildman–Crippen LogP) is 3.10. The molecule has 0 heterocycles. The number of rotatable bonds is 6. The van der Waals surface area contributed by atoms with Gasteiger partial charge in [0.2, 0.25) is 5.91 Å². The van der Waals surface area contributed by atoms with E-state index in [0.29, 0.717) is 12.5 Å². The van der Waals surface area contributed by atoms with Crippen molar-refractivity contribution in [2.75, 3.05) is 13.6 Å². The highest BCUT2D eigenvalue weighted by Crippen LogP contribution is 2.32. The monoisotopic (exact) mass is 268 g/mol. The van der Waals surface area contributed by atoms with Crippen LogP contribution in [0.3, 0.4) is 0 Å². The van der Waals surface area contributed by atoms with Gasteiger partial charge in [-0.25, -0.2) is 0 Å². The van der Waals surface area contributed by atoms with Gasteiger partial charge in [0.25, 0.3) is 0 Å². The number of hydrogen-bond acceptors (Lipinski definition) is 2. The molecule has 0 spiro atoms. The van der Waals surface area contributed by atoms with Crippen molar-refractivity contribution in [3.8, 4) is 0 Å². The van der Waals surface area contributed by atoms with Gasteiger partial charge in [0.05, 0.1) is 0 Å². The minimum atomic E-state index is 0.146. The summed E-state index contributed by atoms with van der Waals surface area (Å²) >= 11 is 0.